The molecule has 1 aromatic rings. The molecular weight excluding hydrogens is 273 g/mol. The maximum absolute atomic E-state index is 4.95. The molecule has 0 amide bonds. The average molecular weight is 282 g/mol. The van der Waals surface area contributed by atoms with Crippen LogP contribution in [0.25, 0.3) is 0 Å². The molecule has 0 saturated heterocycles. The Labute approximate surface area is 89.3 Å². The van der Waals surface area contributed by atoms with E-state index < -0.39 is 0 Å². The van der Waals surface area contributed by atoms with Gasteiger partial charge in [0.25, 0.3) is 0 Å². The number of hydrogen-bond donors (Lipinski definition) is 0. The van der Waals surface area contributed by atoms with E-state index in [9.17, 15) is 0 Å². The predicted octanol–water partition coefficient (Wildman–Crippen LogP) is 2.35. The minimum atomic E-state index is 0.763. The summed E-state index contributed by atoms with van der Waals surface area (Å²) in [6.07, 6.45) is 0. The molecule has 4 heteroatoms. The van der Waals surface area contributed by atoms with E-state index in [0.717, 1.165) is 11.5 Å². The van der Waals surface area contributed by atoms with Crippen LogP contribution in [0.5, 0.6) is 11.5 Å². The fourth-order valence-corrected chi connectivity index (χ4v) is 0.665. The van der Waals surface area contributed by atoms with Crippen molar-refractivity contribution < 1.29 is 25.8 Å². The van der Waals surface area contributed by atoms with E-state index in [1.165, 1.54) is 16.3 Å². The zero-order valence-corrected chi connectivity index (χ0v) is 11.7. The molecule has 2 nitrogen and oxygen atoms in total. The van der Waals surface area contributed by atoms with Crippen molar-refractivity contribution in [2.24, 2.45) is 0 Å². The Kier molecular flexibility index (Phi) is 7.52. The van der Waals surface area contributed by atoms with E-state index >= 15 is 0 Å². The fraction of sp³-hybridized carbons (Fsp3) is 0.250. The van der Waals surface area contributed by atoms with E-state index in [2.05, 4.69) is 19.7 Å². The second-order valence-corrected chi connectivity index (χ2v) is 1.81. The Bertz CT molecular complexity index is 199. The quantitative estimate of drug-likeness (QED) is 0.612. The van der Waals surface area contributed by atoms with Gasteiger partial charge in [-0.25, -0.2) is 0 Å². The van der Waals surface area contributed by atoms with Gasteiger partial charge >= 0.3 is 30.0 Å². The van der Waals surface area contributed by atoms with Gasteiger partial charge in [0.2, 0.25) is 0 Å². The van der Waals surface area contributed by atoms with E-state index in [4.69, 9.17) is 9.47 Å². The molecular formula is C8H9BrO2Zn. The molecule has 0 aliphatic rings. The Balaban J connectivity index is 0.000000561. The molecule has 0 N–H and O–H groups in total. The zero-order valence-electron chi connectivity index (χ0n) is 7.13. The summed E-state index contributed by atoms with van der Waals surface area (Å²) in [4.78, 5) is 0. The van der Waals surface area contributed by atoms with Crippen molar-refractivity contribution in [2.45, 2.75) is 0 Å². The standard InChI is InChI=1S/C8H9O2.BrH.Zn/c1-9-7-4-3-5-8(6-7)10-2;;/h4-6H,1-2H3;1H;/q-1;;+2/p-1. The van der Waals surface area contributed by atoms with Crippen LogP contribution in [0.4, 0.5) is 0 Å². The van der Waals surface area contributed by atoms with Gasteiger partial charge in [-0.05, 0) is 0 Å². The summed E-state index contributed by atoms with van der Waals surface area (Å²) in [5.41, 5.74) is 0. The summed E-state index contributed by atoms with van der Waals surface area (Å²) < 4.78 is 9.89. The van der Waals surface area contributed by atoms with Crippen LogP contribution in [0.2, 0.25) is 0 Å². The number of benzene rings is 1. The van der Waals surface area contributed by atoms with Crippen molar-refractivity contribution in [3.8, 4) is 11.5 Å². The molecule has 0 heterocycles. The van der Waals surface area contributed by atoms with Crippen LogP contribution >= 0.6 is 13.6 Å². The van der Waals surface area contributed by atoms with Gasteiger partial charge in [0.1, 0.15) is 0 Å². The number of rotatable bonds is 2. The van der Waals surface area contributed by atoms with E-state index in [-0.39, 0.29) is 0 Å². The number of ether oxygens (including phenoxy) is 2. The monoisotopic (exact) mass is 280 g/mol. The first-order chi connectivity index (χ1) is 5.86. The Morgan fingerprint density at radius 3 is 1.92 bits per heavy atom. The van der Waals surface area contributed by atoms with Gasteiger partial charge < -0.3 is 9.47 Å². The minimum absolute atomic E-state index is 0.763. The van der Waals surface area contributed by atoms with Crippen molar-refractivity contribution in [3.05, 3.63) is 24.3 Å². The Hall–Kier alpha value is -0.0766. The molecule has 0 bridgehead atoms. The van der Waals surface area contributed by atoms with Crippen LogP contribution in [0.1, 0.15) is 0 Å². The fourth-order valence-electron chi connectivity index (χ4n) is 0.665. The van der Waals surface area contributed by atoms with Crippen LogP contribution in [0.15, 0.2) is 18.2 Å². The third-order valence-corrected chi connectivity index (χ3v) is 1.21. The molecule has 0 atom stereocenters. The van der Waals surface area contributed by atoms with Gasteiger partial charge in [0, 0.05) is 11.5 Å². The van der Waals surface area contributed by atoms with Crippen molar-refractivity contribution in [2.75, 3.05) is 14.2 Å². The summed E-state index contributed by atoms with van der Waals surface area (Å²) in [7, 11) is 3.23. The molecule has 62 valence electrons. The average Bonchev–Trinajstić information content (AvgIpc) is 2.21. The molecule has 0 spiro atoms. The van der Waals surface area contributed by atoms with E-state index in [0.29, 0.717) is 0 Å². The van der Waals surface area contributed by atoms with Gasteiger partial charge in [-0.15, -0.1) is 12.1 Å². The second-order valence-electron chi connectivity index (χ2n) is 1.81. The van der Waals surface area contributed by atoms with Crippen LogP contribution < -0.4 is 9.47 Å². The van der Waals surface area contributed by atoms with E-state index in [1.54, 1.807) is 32.4 Å². The first-order valence-corrected chi connectivity index (χ1v) is 10.2. The third kappa shape index (κ3) is 4.08. The molecule has 0 aliphatic carbocycles. The van der Waals surface area contributed by atoms with Crippen molar-refractivity contribution in [1.82, 2.24) is 0 Å². The van der Waals surface area contributed by atoms with Gasteiger partial charge in [-0.1, -0.05) is 6.07 Å². The van der Waals surface area contributed by atoms with Gasteiger partial charge in [-0.2, -0.15) is 6.07 Å². The third-order valence-electron chi connectivity index (χ3n) is 1.21. The van der Waals surface area contributed by atoms with Gasteiger partial charge in [0.15, 0.2) is 0 Å². The van der Waals surface area contributed by atoms with Crippen molar-refractivity contribution in [3.63, 3.8) is 0 Å². The number of halogens is 1. The van der Waals surface area contributed by atoms with Crippen LogP contribution in [-0.4, -0.2) is 14.2 Å². The SMILES string of the molecule is COc1c[c-]cc(OC)c1.[Zn+][Br]. The molecule has 0 unspecified atom stereocenters. The van der Waals surface area contributed by atoms with Crippen LogP contribution in [-0.2, 0) is 16.3 Å². The summed E-state index contributed by atoms with van der Waals surface area (Å²) in [5, 5.41) is 0. The topological polar surface area (TPSA) is 18.5 Å². The molecule has 12 heavy (non-hydrogen) atoms. The summed E-state index contributed by atoms with van der Waals surface area (Å²) >= 11 is 4.25. The maximum atomic E-state index is 4.95. The second kappa shape index (κ2) is 7.57. The van der Waals surface area contributed by atoms with Crippen molar-refractivity contribution in [1.29, 1.82) is 0 Å². The summed E-state index contributed by atoms with van der Waals surface area (Å²) in [6, 6.07) is 8.19. The molecule has 1 aromatic carbocycles. The number of methoxy groups -OCH3 is 2. The van der Waals surface area contributed by atoms with Gasteiger partial charge in [0.05, 0.1) is 14.2 Å². The van der Waals surface area contributed by atoms with E-state index in [1.807, 2.05) is 0 Å². The van der Waals surface area contributed by atoms with Crippen LogP contribution in [0, 0.1) is 6.07 Å². The Morgan fingerprint density at radius 1 is 1.17 bits per heavy atom. The summed E-state index contributed by atoms with van der Waals surface area (Å²) in [5.74, 6) is 1.53. The summed E-state index contributed by atoms with van der Waals surface area (Å²) in [6.45, 7) is 0. The molecule has 0 aliphatic heterocycles. The first-order valence-electron chi connectivity index (χ1n) is 3.22. The normalized spacial score (nSPS) is 8.08. The first kappa shape index (κ1) is 11.9. The Morgan fingerprint density at radius 2 is 1.58 bits per heavy atom. The molecule has 0 saturated carbocycles. The molecule has 1 rings (SSSR count). The number of hydrogen-bond acceptors (Lipinski definition) is 2. The molecule has 0 aromatic heterocycles. The van der Waals surface area contributed by atoms with Crippen LogP contribution in [0.3, 0.4) is 0 Å². The van der Waals surface area contributed by atoms with Gasteiger partial charge in [-0.3, -0.25) is 0 Å². The molecule has 0 radical (unpaired) electrons. The zero-order chi connectivity index (χ0) is 9.40. The predicted molar refractivity (Wildman–Crippen MR) is 47.3 cm³/mol. The van der Waals surface area contributed by atoms with Crippen molar-refractivity contribution >= 4 is 13.6 Å². The molecule has 0 fully saturated rings.